The summed E-state index contributed by atoms with van der Waals surface area (Å²) in [4.78, 5) is 99.8. The summed E-state index contributed by atoms with van der Waals surface area (Å²) >= 11 is 4.05. The lowest BCUT2D eigenvalue weighted by Crippen LogP contribution is -2.41. The number of hydrogen-bond donors (Lipinski definition) is 13. The molecular formula is C38H43N10O23P3S3. The van der Waals surface area contributed by atoms with E-state index >= 15 is 0 Å². The van der Waals surface area contributed by atoms with Crippen molar-refractivity contribution in [3.8, 4) is 22.5 Å². The van der Waals surface area contributed by atoms with E-state index in [2.05, 4.69) is 50.5 Å². The molecule has 39 heteroatoms. The number of nitrogen functional groups attached to an aromatic ring is 2. The van der Waals surface area contributed by atoms with Gasteiger partial charge in [-0.05, 0) is 54.1 Å². The van der Waals surface area contributed by atoms with Crippen molar-refractivity contribution in [3.05, 3.63) is 76.1 Å². The van der Waals surface area contributed by atoms with Crippen LogP contribution in [-0.2, 0) is 68.6 Å². The molecule has 77 heavy (non-hydrogen) atoms. The van der Waals surface area contributed by atoms with Crippen molar-refractivity contribution < 1.29 is 101 Å². The minimum Gasteiger partial charge on any atom is -0.453 e. The fraction of sp³-hybridized carbons (Fsp3) is 0.289. The lowest BCUT2D eigenvalue weighted by Gasteiger charge is -2.22. The first-order valence-electron chi connectivity index (χ1n) is 21.5. The average molecular weight is 1200 g/mol. The summed E-state index contributed by atoms with van der Waals surface area (Å²) in [5, 5.41) is 23.5. The van der Waals surface area contributed by atoms with Crippen LogP contribution < -0.4 is 33.0 Å². The molecule has 6 atom stereocenters. The second-order valence-corrected chi connectivity index (χ2v) is 24.9. The smallest absolute Gasteiger partial charge is 0.453 e. The number of imidazole rings is 1. The number of aromatic nitrogens is 4. The van der Waals surface area contributed by atoms with Crippen LogP contribution in [0.2, 0.25) is 0 Å². The average Bonchev–Trinajstić information content (AvgIpc) is 3.86. The van der Waals surface area contributed by atoms with Crippen molar-refractivity contribution in [1.82, 2.24) is 35.1 Å². The van der Waals surface area contributed by atoms with E-state index in [1.165, 1.54) is 48.3 Å². The Hall–Kier alpha value is -6.14. The first kappa shape index (κ1) is 58.5. The Morgan fingerprint density at radius 2 is 1.62 bits per heavy atom. The van der Waals surface area contributed by atoms with Gasteiger partial charge in [-0.2, -0.15) is 26.1 Å². The van der Waals surface area contributed by atoms with Crippen LogP contribution in [0.4, 0.5) is 16.4 Å². The van der Waals surface area contributed by atoms with Gasteiger partial charge in [0.2, 0.25) is 11.9 Å². The molecule has 3 amide bonds. The maximum atomic E-state index is 14.1. The van der Waals surface area contributed by atoms with E-state index < -0.39 is 135 Å². The summed E-state index contributed by atoms with van der Waals surface area (Å²) in [7, 11) is -20.4. The number of nitrogens with two attached hydrogens (primary N) is 2. The zero-order chi connectivity index (χ0) is 56.7. The van der Waals surface area contributed by atoms with Gasteiger partial charge in [-0.3, -0.25) is 43.0 Å². The summed E-state index contributed by atoms with van der Waals surface area (Å²) in [5.74, 6) is -2.27. The number of carbonyl (C=O) groups is 3. The Labute approximate surface area is 436 Å². The highest BCUT2D eigenvalue weighted by Gasteiger charge is 2.50. The first-order valence-corrected chi connectivity index (χ1v) is 30.0. The highest BCUT2D eigenvalue weighted by atomic mass is 32.5. The quantitative estimate of drug-likeness (QED) is 0.0160. The minimum atomic E-state index is -5.73. The van der Waals surface area contributed by atoms with Gasteiger partial charge in [-0.25, -0.2) is 23.2 Å². The summed E-state index contributed by atoms with van der Waals surface area (Å²) in [6.45, 7) is -6.60. The van der Waals surface area contributed by atoms with E-state index in [4.69, 9.17) is 40.6 Å². The van der Waals surface area contributed by atoms with E-state index in [0.717, 1.165) is 23.0 Å². The fourth-order valence-electron chi connectivity index (χ4n) is 7.90. The topological polar surface area (TPSA) is 521 Å². The van der Waals surface area contributed by atoms with Gasteiger partial charge in [0.25, 0.3) is 31.7 Å². The number of aliphatic hydroxyl groups excluding tert-OH is 1. The number of phosphoric ester groups is 1. The van der Waals surface area contributed by atoms with E-state index in [-0.39, 0.29) is 71.3 Å². The number of hydrogen-bond acceptors (Lipinski definition) is 23. The van der Waals surface area contributed by atoms with Crippen molar-refractivity contribution in [2.45, 2.75) is 47.2 Å². The van der Waals surface area contributed by atoms with E-state index in [1.807, 2.05) is 0 Å². The molecule has 2 unspecified atom stereocenters. The fourth-order valence-corrected chi connectivity index (χ4v) is 13.2. The normalized spacial score (nSPS) is 18.7. The maximum Gasteiger partial charge on any atom is 0.488 e. The SMILES string of the molecule is CN(CCCC(=O)NCCNC(=O)O[C@@H]1[C@H](O)[C@@H](COP(=O)(O)OP(=O)(O)OP(O)(O)=S)O[C@H]1n1cnc2c(=O)[nH]c(N)nc21)C(=O)c1ccccc1-c1c2ccc(=N)c(S(=O)(=O)O)c-2oc2c(S(=O)(=O)O)c(N)ccc12. The lowest BCUT2D eigenvalue weighted by molar-refractivity contribution is -0.121. The Bertz CT molecular complexity index is 3820. The van der Waals surface area contributed by atoms with Crippen LogP contribution in [0.5, 0.6) is 0 Å². The molecule has 0 saturated carbocycles. The number of alkyl carbamates (subject to hydrolysis) is 1. The number of aliphatic hydroxyl groups is 1. The molecule has 2 aliphatic heterocycles. The minimum absolute atomic E-state index is 0.00688. The van der Waals surface area contributed by atoms with Crippen molar-refractivity contribution in [2.24, 2.45) is 0 Å². The van der Waals surface area contributed by atoms with Crippen molar-refractivity contribution in [1.29, 1.82) is 5.41 Å². The maximum absolute atomic E-state index is 14.1. The molecule has 416 valence electrons. The summed E-state index contributed by atoms with van der Waals surface area (Å²) in [6, 6.07) is 10.6. The van der Waals surface area contributed by atoms with Gasteiger partial charge in [0, 0.05) is 55.2 Å². The van der Waals surface area contributed by atoms with Crippen LogP contribution in [0.15, 0.2) is 73.9 Å². The van der Waals surface area contributed by atoms with Crippen molar-refractivity contribution in [3.63, 3.8) is 0 Å². The van der Waals surface area contributed by atoms with Gasteiger partial charge in [-0.1, -0.05) is 18.2 Å². The molecule has 15 N–H and O–H groups in total. The summed E-state index contributed by atoms with van der Waals surface area (Å²) in [6.07, 6.45) is -7.47. The second kappa shape index (κ2) is 22.3. The van der Waals surface area contributed by atoms with Crippen LogP contribution in [0.3, 0.4) is 0 Å². The van der Waals surface area contributed by atoms with Crippen molar-refractivity contribution >= 4 is 106 Å². The highest BCUT2D eigenvalue weighted by molar-refractivity contribution is 8.08. The van der Waals surface area contributed by atoms with Crippen LogP contribution in [0.1, 0.15) is 29.4 Å². The molecule has 1 fully saturated rings. The third-order valence-electron chi connectivity index (χ3n) is 11.0. The number of aromatic amines is 1. The number of fused-ring (bicyclic) bond motifs is 3. The van der Waals surface area contributed by atoms with Gasteiger partial charge in [-0.15, -0.1) is 0 Å². The number of amides is 3. The molecule has 2 aromatic carbocycles. The van der Waals surface area contributed by atoms with E-state index in [1.54, 1.807) is 0 Å². The van der Waals surface area contributed by atoms with Crippen LogP contribution in [0, 0.1) is 5.41 Å². The molecule has 0 radical (unpaired) electrons. The number of phosphoric acid groups is 2. The number of carbonyl (C=O) groups excluding carboxylic acids is 3. The molecular weight excluding hydrogens is 1150 g/mol. The number of ether oxygens (including phenoxy) is 2. The number of benzene rings is 3. The van der Waals surface area contributed by atoms with Crippen LogP contribution >= 0.6 is 22.4 Å². The summed E-state index contributed by atoms with van der Waals surface area (Å²) in [5.41, 5.74) is 9.06. The van der Waals surface area contributed by atoms with Gasteiger partial charge in [0.15, 0.2) is 44.6 Å². The Morgan fingerprint density at radius 1 is 0.948 bits per heavy atom. The number of H-pyrrole nitrogens is 1. The Morgan fingerprint density at radius 3 is 2.30 bits per heavy atom. The standard InChI is InChI=1S/C38H43N10O23P3S3/c1-47(35(52)18-6-3-2-5-17(18)25-19-8-10-21(39)31(76(60,61)62)28(19)68-29-20(25)9-11-22(40)32(29)77(63,64)65)14-4-7-24(49)42-12-13-43-38(53)69-30-27(50)23(15-66-72(54,55)70-73(56,57)71-74(58,59)75)67-36(30)48-16-44-26-33(48)45-37(41)46-34(26)51/h2-3,5-6,8-11,16,23,27,30,36,39,50H,4,7,12-15,40H2,1H3,(H,42,49)(H,43,53)(H,54,55)(H,56,57)(H2,58,59,75)(H,60,61,62)(H,63,64,65)(H3,41,45,46,51)/t23-,27-,30-,36-/m1/s1. The van der Waals surface area contributed by atoms with Gasteiger partial charge in [0.1, 0.15) is 12.2 Å². The molecule has 0 spiro atoms. The number of nitrogens with zero attached hydrogens (tertiary/aromatic N) is 4. The largest absolute Gasteiger partial charge is 0.488 e. The number of nitrogens with one attached hydrogen (secondary N) is 4. The first-order chi connectivity index (χ1) is 35.8. The predicted octanol–water partition coefficient (Wildman–Crippen LogP) is 0.256. The molecule has 2 aromatic heterocycles. The van der Waals surface area contributed by atoms with Crippen LogP contribution in [-0.4, -0.2) is 145 Å². The Balaban J connectivity index is 0.986. The monoisotopic (exact) mass is 1200 g/mol. The van der Waals surface area contributed by atoms with E-state index in [9.17, 15) is 69.1 Å². The molecule has 3 aliphatic rings. The molecule has 1 aliphatic carbocycles. The van der Waals surface area contributed by atoms with Crippen molar-refractivity contribution in [2.75, 3.05) is 44.8 Å². The third-order valence-corrected chi connectivity index (χ3v) is 17.3. The lowest BCUT2D eigenvalue weighted by atomic mass is 9.90. The van der Waals surface area contributed by atoms with Gasteiger partial charge >= 0.3 is 28.5 Å². The summed E-state index contributed by atoms with van der Waals surface area (Å²) < 4.78 is 125. The molecule has 4 heterocycles. The molecule has 7 rings (SSSR count). The third kappa shape index (κ3) is 13.4. The second-order valence-electron chi connectivity index (χ2n) is 16.3. The number of rotatable bonds is 20. The molecule has 0 bridgehead atoms. The van der Waals surface area contributed by atoms with Gasteiger partial charge < -0.3 is 65.6 Å². The zero-order valence-corrected chi connectivity index (χ0v) is 44.1. The number of anilines is 2. The molecule has 4 aromatic rings. The predicted molar refractivity (Wildman–Crippen MR) is 265 cm³/mol. The molecule has 33 nitrogen and oxygen atoms in total. The van der Waals surface area contributed by atoms with E-state index in [0.29, 0.717) is 0 Å². The zero-order valence-electron chi connectivity index (χ0n) is 38.9. The Kier molecular flexibility index (Phi) is 17.0. The van der Waals surface area contributed by atoms with Crippen LogP contribution in [0.25, 0.3) is 44.6 Å². The molecule has 1 saturated heterocycles. The highest BCUT2D eigenvalue weighted by Crippen LogP contribution is 2.66. The van der Waals surface area contributed by atoms with Gasteiger partial charge in [0.05, 0.1) is 24.0 Å².